The van der Waals surface area contributed by atoms with E-state index in [4.69, 9.17) is 5.73 Å². The second-order valence-corrected chi connectivity index (χ2v) is 5.85. The first-order valence-corrected chi connectivity index (χ1v) is 8.23. The van der Waals surface area contributed by atoms with Gasteiger partial charge in [0.1, 0.15) is 5.69 Å². The molecule has 2 rings (SSSR count). The summed E-state index contributed by atoms with van der Waals surface area (Å²) in [6.45, 7) is 7.62. The highest BCUT2D eigenvalue weighted by Crippen LogP contribution is 2.23. The summed E-state index contributed by atoms with van der Waals surface area (Å²) in [5.74, 6) is 0.118. The first-order valence-electron chi connectivity index (χ1n) is 8.23. The Bertz CT molecular complexity index is 475. The van der Waals surface area contributed by atoms with E-state index in [0.717, 1.165) is 56.6 Å². The largest absolute Gasteiger partial charge is 0.335 e. The van der Waals surface area contributed by atoms with Gasteiger partial charge in [-0.15, -0.1) is 0 Å². The minimum Gasteiger partial charge on any atom is -0.335 e. The number of hydrogen-bond acceptors (Lipinski definition) is 3. The molecule has 1 aliphatic carbocycles. The van der Waals surface area contributed by atoms with Crippen molar-refractivity contribution < 1.29 is 4.79 Å². The van der Waals surface area contributed by atoms with Crippen LogP contribution < -0.4 is 5.73 Å². The molecule has 2 N–H and O–H groups in total. The number of carbonyl (C=O) groups is 1. The molecular weight excluding hydrogens is 264 g/mol. The van der Waals surface area contributed by atoms with E-state index in [-0.39, 0.29) is 5.91 Å². The standard InChI is InChI=1S/C16H28N4O/c1-4-13-11-15(20(6-3)18-13)16(21)19(5-2)14-9-7-12(17)8-10-14/h11-12,14H,4-10,17H2,1-3H3. The van der Waals surface area contributed by atoms with Crippen molar-refractivity contribution in [2.75, 3.05) is 6.54 Å². The lowest BCUT2D eigenvalue weighted by Gasteiger charge is -2.35. The summed E-state index contributed by atoms with van der Waals surface area (Å²) < 4.78 is 1.83. The minimum atomic E-state index is 0.118. The molecule has 0 atom stereocenters. The van der Waals surface area contributed by atoms with Gasteiger partial charge in [-0.05, 0) is 52.0 Å². The van der Waals surface area contributed by atoms with Gasteiger partial charge in [-0.2, -0.15) is 5.10 Å². The molecule has 5 nitrogen and oxygen atoms in total. The fraction of sp³-hybridized carbons (Fsp3) is 0.750. The Kier molecular flexibility index (Phi) is 5.39. The molecule has 0 unspecified atom stereocenters. The summed E-state index contributed by atoms with van der Waals surface area (Å²) >= 11 is 0. The zero-order valence-electron chi connectivity index (χ0n) is 13.5. The van der Waals surface area contributed by atoms with Crippen LogP contribution in [0.4, 0.5) is 0 Å². The lowest BCUT2D eigenvalue weighted by atomic mass is 9.90. The summed E-state index contributed by atoms with van der Waals surface area (Å²) in [5.41, 5.74) is 7.69. The monoisotopic (exact) mass is 292 g/mol. The van der Waals surface area contributed by atoms with Crippen LogP contribution >= 0.6 is 0 Å². The zero-order valence-corrected chi connectivity index (χ0v) is 13.5. The molecular formula is C16H28N4O. The molecule has 21 heavy (non-hydrogen) atoms. The van der Waals surface area contributed by atoms with Gasteiger partial charge in [0, 0.05) is 25.2 Å². The van der Waals surface area contributed by atoms with Crippen LogP contribution in [-0.2, 0) is 13.0 Å². The minimum absolute atomic E-state index is 0.118. The fourth-order valence-electron chi connectivity index (χ4n) is 3.18. The maximum absolute atomic E-state index is 12.9. The average Bonchev–Trinajstić information content (AvgIpc) is 2.93. The van der Waals surface area contributed by atoms with E-state index in [1.165, 1.54) is 0 Å². The molecule has 1 amide bonds. The maximum Gasteiger partial charge on any atom is 0.272 e. The maximum atomic E-state index is 12.9. The molecule has 0 bridgehead atoms. The van der Waals surface area contributed by atoms with Crippen LogP contribution in [-0.4, -0.2) is 39.2 Å². The van der Waals surface area contributed by atoms with Crippen LogP contribution in [0.5, 0.6) is 0 Å². The Morgan fingerprint density at radius 2 is 2.00 bits per heavy atom. The molecule has 0 aromatic carbocycles. The zero-order chi connectivity index (χ0) is 15.4. The van der Waals surface area contributed by atoms with Crippen molar-refractivity contribution in [1.29, 1.82) is 0 Å². The molecule has 1 heterocycles. The molecule has 0 radical (unpaired) electrons. The third kappa shape index (κ3) is 3.46. The van der Waals surface area contributed by atoms with E-state index in [1.54, 1.807) is 0 Å². The highest BCUT2D eigenvalue weighted by Gasteiger charge is 2.29. The van der Waals surface area contributed by atoms with Crippen molar-refractivity contribution in [3.05, 3.63) is 17.5 Å². The molecule has 0 spiro atoms. The predicted octanol–water partition coefficient (Wildman–Crippen LogP) is 2.20. The smallest absolute Gasteiger partial charge is 0.272 e. The van der Waals surface area contributed by atoms with Gasteiger partial charge in [0.05, 0.1) is 5.69 Å². The number of hydrogen-bond donors (Lipinski definition) is 1. The third-order valence-electron chi connectivity index (χ3n) is 4.50. The van der Waals surface area contributed by atoms with Gasteiger partial charge in [-0.3, -0.25) is 9.48 Å². The molecule has 0 saturated heterocycles. The van der Waals surface area contributed by atoms with Crippen LogP contribution in [0.1, 0.15) is 62.6 Å². The van der Waals surface area contributed by atoms with E-state index in [9.17, 15) is 4.79 Å². The molecule has 0 aliphatic heterocycles. The Hall–Kier alpha value is -1.36. The highest BCUT2D eigenvalue weighted by molar-refractivity contribution is 5.93. The van der Waals surface area contributed by atoms with E-state index in [1.807, 2.05) is 22.6 Å². The van der Waals surface area contributed by atoms with Crippen LogP contribution in [0.25, 0.3) is 0 Å². The number of nitrogens with two attached hydrogens (primary N) is 1. The first kappa shape index (κ1) is 16.0. The number of amides is 1. The van der Waals surface area contributed by atoms with Gasteiger partial charge in [0.25, 0.3) is 5.91 Å². The first-order chi connectivity index (χ1) is 10.1. The van der Waals surface area contributed by atoms with Crippen molar-refractivity contribution >= 4 is 5.91 Å². The van der Waals surface area contributed by atoms with Crippen LogP contribution in [0.2, 0.25) is 0 Å². The van der Waals surface area contributed by atoms with Crippen molar-refractivity contribution in [1.82, 2.24) is 14.7 Å². The number of nitrogens with zero attached hydrogens (tertiary/aromatic N) is 3. The molecule has 1 saturated carbocycles. The van der Waals surface area contributed by atoms with Gasteiger partial charge < -0.3 is 10.6 Å². The Labute approximate surface area is 127 Å². The molecule has 1 aromatic heterocycles. The van der Waals surface area contributed by atoms with Gasteiger partial charge in [0.2, 0.25) is 0 Å². The van der Waals surface area contributed by atoms with Crippen molar-refractivity contribution in [2.45, 2.75) is 71.5 Å². The van der Waals surface area contributed by atoms with Crippen LogP contribution in [0.15, 0.2) is 6.07 Å². The molecule has 1 aromatic rings. The lowest BCUT2D eigenvalue weighted by Crippen LogP contribution is -2.44. The Balaban J connectivity index is 2.18. The summed E-state index contributed by atoms with van der Waals surface area (Å²) in [7, 11) is 0. The lowest BCUT2D eigenvalue weighted by molar-refractivity contribution is 0.0628. The number of aryl methyl sites for hydroxylation is 2. The highest BCUT2D eigenvalue weighted by atomic mass is 16.2. The molecule has 118 valence electrons. The van der Waals surface area contributed by atoms with E-state index < -0.39 is 0 Å². The number of aromatic nitrogens is 2. The summed E-state index contributed by atoms with van der Waals surface area (Å²) in [6, 6.07) is 2.58. The van der Waals surface area contributed by atoms with Crippen molar-refractivity contribution in [3.63, 3.8) is 0 Å². The van der Waals surface area contributed by atoms with Crippen molar-refractivity contribution in [2.24, 2.45) is 5.73 Å². The number of rotatable bonds is 5. The van der Waals surface area contributed by atoms with E-state index >= 15 is 0 Å². The Morgan fingerprint density at radius 1 is 1.33 bits per heavy atom. The normalized spacial score (nSPS) is 22.3. The second kappa shape index (κ2) is 7.07. The van der Waals surface area contributed by atoms with Crippen LogP contribution in [0, 0.1) is 0 Å². The third-order valence-corrected chi connectivity index (χ3v) is 4.50. The topological polar surface area (TPSA) is 64.2 Å². The summed E-state index contributed by atoms with van der Waals surface area (Å²) in [6.07, 6.45) is 4.92. The fourth-order valence-corrected chi connectivity index (χ4v) is 3.18. The van der Waals surface area contributed by atoms with E-state index in [0.29, 0.717) is 12.1 Å². The molecule has 1 aliphatic rings. The Morgan fingerprint density at radius 3 is 2.52 bits per heavy atom. The molecule has 5 heteroatoms. The second-order valence-electron chi connectivity index (χ2n) is 5.85. The average molecular weight is 292 g/mol. The number of carbonyl (C=O) groups excluding carboxylic acids is 1. The van der Waals surface area contributed by atoms with Crippen LogP contribution in [0.3, 0.4) is 0 Å². The van der Waals surface area contributed by atoms with Gasteiger partial charge in [-0.25, -0.2) is 0 Å². The van der Waals surface area contributed by atoms with Gasteiger partial charge in [0.15, 0.2) is 0 Å². The van der Waals surface area contributed by atoms with Crippen molar-refractivity contribution in [3.8, 4) is 0 Å². The van der Waals surface area contributed by atoms with Gasteiger partial charge in [-0.1, -0.05) is 6.92 Å². The quantitative estimate of drug-likeness (QED) is 0.905. The van der Waals surface area contributed by atoms with Gasteiger partial charge >= 0.3 is 0 Å². The molecule has 1 fully saturated rings. The SMILES string of the molecule is CCc1cc(C(=O)N(CC)C2CCC(N)CC2)n(CC)n1. The summed E-state index contributed by atoms with van der Waals surface area (Å²) in [4.78, 5) is 14.9. The summed E-state index contributed by atoms with van der Waals surface area (Å²) in [5, 5.41) is 4.49. The predicted molar refractivity (Wildman–Crippen MR) is 84.2 cm³/mol. The van der Waals surface area contributed by atoms with E-state index in [2.05, 4.69) is 18.9 Å².